The molecule has 0 saturated carbocycles. The van der Waals surface area contributed by atoms with E-state index in [4.69, 9.17) is 14.8 Å². The molecule has 0 unspecified atom stereocenters. The first-order valence-electron chi connectivity index (χ1n) is 11.2. The Bertz CT molecular complexity index is 1260. The van der Waals surface area contributed by atoms with E-state index in [0.29, 0.717) is 29.0 Å². The Morgan fingerprint density at radius 1 is 1.09 bits per heavy atom. The molecule has 0 radical (unpaired) electrons. The maximum Gasteiger partial charge on any atom is 0.273 e. The lowest BCUT2D eigenvalue weighted by Crippen LogP contribution is -2.40. The number of rotatable bonds is 6. The highest BCUT2D eigenvalue weighted by molar-refractivity contribution is 7.13. The van der Waals surface area contributed by atoms with Crippen molar-refractivity contribution in [2.75, 3.05) is 20.2 Å². The maximum atomic E-state index is 13.8. The lowest BCUT2D eigenvalue weighted by atomic mass is 10.1. The van der Waals surface area contributed by atoms with Gasteiger partial charge in [0.05, 0.1) is 19.3 Å². The van der Waals surface area contributed by atoms with Gasteiger partial charge in [0.15, 0.2) is 11.6 Å². The molecule has 0 fully saturated rings. The monoisotopic (exact) mass is 479 g/mol. The molecule has 2 aromatic carbocycles. The Balaban J connectivity index is 1.40. The summed E-state index contributed by atoms with van der Waals surface area (Å²) in [4.78, 5) is 12.6. The van der Waals surface area contributed by atoms with Gasteiger partial charge in [-0.25, -0.2) is 19.0 Å². The van der Waals surface area contributed by atoms with Gasteiger partial charge in [-0.3, -0.25) is 4.90 Å². The third-order valence-corrected chi connectivity index (χ3v) is 7.19. The fraction of sp³-hybridized carbons (Fsp3) is 0.320. The fourth-order valence-corrected chi connectivity index (χ4v) is 5.10. The molecule has 1 N–H and O–H groups in total. The number of aryl methyl sites for hydroxylation is 1. The van der Waals surface area contributed by atoms with Crippen molar-refractivity contribution in [1.82, 2.24) is 24.6 Å². The van der Waals surface area contributed by atoms with Crippen LogP contribution in [0.5, 0.6) is 5.19 Å². The van der Waals surface area contributed by atoms with Crippen molar-refractivity contribution in [2.45, 2.75) is 32.5 Å². The summed E-state index contributed by atoms with van der Waals surface area (Å²) >= 11 is 1.57. The number of benzene rings is 2. The molecule has 1 aliphatic heterocycles. The molecule has 3 heterocycles. The molecule has 0 spiro atoms. The minimum Gasteiger partial charge on any atom is -0.473 e. The molecule has 176 valence electrons. The highest BCUT2D eigenvalue weighted by atomic mass is 32.1. The number of aliphatic hydroxyl groups excluding tert-OH is 1. The van der Waals surface area contributed by atoms with Gasteiger partial charge in [-0.1, -0.05) is 41.7 Å². The van der Waals surface area contributed by atoms with Gasteiger partial charge in [0.2, 0.25) is 0 Å². The van der Waals surface area contributed by atoms with Crippen molar-refractivity contribution in [3.8, 4) is 28.0 Å². The van der Waals surface area contributed by atoms with Crippen molar-refractivity contribution in [2.24, 2.45) is 0 Å². The quantitative estimate of drug-likeness (QED) is 0.451. The Hall–Kier alpha value is -3.14. The summed E-state index contributed by atoms with van der Waals surface area (Å²) in [5.74, 6) is 0.907. The lowest BCUT2D eigenvalue weighted by molar-refractivity contribution is -0.00800. The van der Waals surface area contributed by atoms with Crippen LogP contribution in [0.4, 0.5) is 4.39 Å². The zero-order valence-corrected chi connectivity index (χ0v) is 19.9. The van der Waals surface area contributed by atoms with E-state index in [1.807, 2.05) is 30.3 Å². The van der Waals surface area contributed by atoms with Gasteiger partial charge in [-0.05, 0) is 37.1 Å². The summed E-state index contributed by atoms with van der Waals surface area (Å²) < 4.78 is 20.8. The minimum atomic E-state index is -0.733. The zero-order chi connectivity index (χ0) is 23.7. The number of hydrogen-bond acceptors (Lipinski definition) is 7. The van der Waals surface area contributed by atoms with Crippen LogP contribution in [0.25, 0.3) is 22.8 Å². The first-order chi connectivity index (χ1) is 16.5. The molecule has 1 atom stereocenters. The summed E-state index contributed by atoms with van der Waals surface area (Å²) in [6, 6.07) is 14.6. The second-order valence-corrected chi connectivity index (χ2v) is 9.39. The van der Waals surface area contributed by atoms with E-state index < -0.39 is 6.23 Å². The number of ether oxygens (including phenoxy) is 1. The number of fused-ring (bicyclic) bond motifs is 1. The number of thiazole rings is 1. The predicted molar refractivity (Wildman–Crippen MR) is 129 cm³/mol. The van der Waals surface area contributed by atoms with E-state index in [9.17, 15) is 9.50 Å². The van der Waals surface area contributed by atoms with E-state index in [1.54, 1.807) is 42.2 Å². The normalized spacial score (nSPS) is 15.1. The van der Waals surface area contributed by atoms with Crippen molar-refractivity contribution in [3.63, 3.8) is 0 Å². The topological polar surface area (TPSA) is 76.3 Å². The number of nitrogens with zero attached hydrogens (tertiary/aromatic N) is 5. The van der Waals surface area contributed by atoms with Crippen LogP contribution in [0.15, 0.2) is 48.5 Å². The summed E-state index contributed by atoms with van der Waals surface area (Å²) in [6.45, 7) is 3.40. The Kier molecular flexibility index (Phi) is 6.40. The van der Waals surface area contributed by atoms with Crippen LogP contribution in [0, 0.1) is 12.7 Å². The highest BCUT2D eigenvalue weighted by Gasteiger charge is 2.25. The third-order valence-electron chi connectivity index (χ3n) is 6.07. The molecule has 0 bridgehead atoms. The van der Waals surface area contributed by atoms with Gasteiger partial charge >= 0.3 is 0 Å². The van der Waals surface area contributed by atoms with Crippen molar-refractivity contribution < 1.29 is 14.2 Å². The lowest BCUT2D eigenvalue weighted by Gasteiger charge is -2.26. The highest BCUT2D eigenvalue weighted by Crippen LogP contribution is 2.29. The van der Waals surface area contributed by atoms with E-state index in [0.717, 1.165) is 36.2 Å². The molecule has 7 nitrogen and oxygen atoms in total. The van der Waals surface area contributed by atoms with Crippen molar-refractivity contribution >= 4 is 11.3 Å². The van der Waals surface area contributed by atoms with Crippen molar-refractivity contribution in [1.29, 1.82) is 0 Å². The zero-order valence-electron chi connectivity index (χ0n) is 19.1. The van der Waals surface area contributed by atoms with Gasteiger partial charge < -0.3 is 9.84 Å². The van der Waals surface area contributed by atoms with Crippen molar-refractivity contribution in [3.05, 3.63) is 70.5 Å². The smallest absolute Gasteiger partial charge is 0.273 e. The molecule has 9 heteroatoms. The van der Waals surface area contributed by atoms with Crippen LogP contribution in [0.2, 0.25) is 0 Å². The van der Waals surface area contributed by atoms with E-state index >= 15 is 0 Å². The molecule has 0 aliphatic carbocycles. The summed E-state index contributed by atoms with van der Waals surface area (Å²) in [6.07, 6.45) is 0.842. The number of halogens is 1. The molecule has 2 aromatic heterocycles. The first kappa shape index (κ1) is 22.6. The van der Waals surface area contributed by atoms with E-state index in [-0.39, 0.29) is 12.4 Å². The van der Waals surface area contributed by atoms with Crippen LogP contribution in [0.1, 0.15) is 16.1 Å². The average molecular weight is 480 g/mol. The van der Waals surface area contributed by atoms with Crippen LogP contribution in [-0.4, -0.2) is 56.2 Å². The summed E-state index contributed by atoms with van der Waals surface area (Å²) in [7, 11) is 1.64. The van der Waals surface area contributed by atoms with Gasteiger partial charge in [-0.15, -0.1) is 0 Å². The molecule has 5 rings (SSSR count). The second-order valence-electron chi connectivity index (χ2n) is 8.34. The largest absolute Gasteiger partial charge is 0.473 e. The van der Waals surface area contributed by atoms with Crippen LogP contribution in [-0.2, 0) is 19.4 Å². The van der Waals surface area contributed by atoms with E-state index in [2.05, 4.69) is 9.88 Å². The number of aliphatic hydroxyl groups is 1. The molecule has 34 heavy (non-hydrogen) atoms. The molecule has 1 aliphatic rings. The maximum absolute atomic E-state index is 13.8. The summed E-state index contributed by atoms with van der Waals surface area (Å²) in [5, 5.41) is 16.5. The van der Waals surface area contributed by atoms with Crippen LogP contribution in [0.3, 0.4) is 0 Å². The van der Waals surface area contributed by atoms with Gasteiger partial charge in [-0.2, -0.15) is 5.10 Å². The third kappa shape index (κ3) is 4.59. The van der Waals surface area contributed by atoms with Gasteiger partial charge in [0, 0.05) is 35.5 Å². The fourth-order valence-electron chi connectivity index (χ4n) is 4.19. The Morgan fingerprint density at radius 3 is 2.65 bits per heavy atom. The van der Waals surface area contributed by atoms with Gasteiger partial charge in [0.25, 0.3) is 5.19 Å². The molecule has 0 amide bonds. The molecular formula is C25H26FN5O2S. The Morgan fingerprint density at radius 2 is 1.88 bits per heavy atom. The average Bonchev–Trinajstić information content (AvgIpc) is 3.40. The van der Waals surface area contributed by atoms with Gasteiger partial charge in [0.1, 0.15) is 12.0 Å². The van der Waals surface area contributed by atoms with Crippen LogP contribution < -0.4 is 4.74 Å². The number of methoxy groups -OCH3 is 1. The second kappa shape index (κ2) is 9.61. The molecular weight excluding hydrogens is 453 g/mol. The predicted octanol–water partition coefficient (Wildman–Crippen LogP) is 3.94. The first-order valence-corrected chi connectivity index (χ1v) is 12.0. The number of hydrogen-bond donors (Lipinski definition) is 1. The summed E-state index contributed by atoms with van der Waals surface area (Å²) in [5.41, 5.74) is 3.24. The molecule has 4 aromatic rings. The van der Waals surface area contributed by atoms with Crippen LogP contribution >= 0.6 is 11.3 Å². The number of aromatic nitrogens is 4. The SMILES string of the molecule is COc1nc2c(s1)CCN([C@H](O)Cn1nc(-c3ccc(F)c(C)c3)nc1-c1ccccc1)CC2. The minimum absolute atomic E-state index is 0.260. The molecule has 0 saturated heterocycles. The standard InChI is InChI=1S/C25H26FN5O2S/c1-16-14-18(8-9-19(16)26)23-28-24(17-6-4-3-5-7-17)31(29-23)15-22(32)30-12-10-20-21(11-13-30)34-25(27-20)33-2/h3-9,14,22,32H,10-13,15H2,1-2H3/t22-/m1/s1. The van der Waals surface area contributed by atoms with E-state index in [1.165, 1.54) is 10.9 Å². The Labute approximate surface area is 201 Å².